The second kappa shape index (κ2) is 4.50. The Morgan fingerprint density at radius 2 is 1.69 bits per heavy atom. The van der Waals surface area contributed by atoms with Gasteiger partial charge in [-0.15, -0.1) is 0 Å². The molecule has 0 saturated heterocycles. The molecular formula is C11H6Cl3NO. The molecule has 0 aliphatic heterocycles. The van der Waals surface area contributed by atoms with Crippen LogP contribution in [0.4, 0.5) is 0 Å². The lowest BCUT2D eigenvalue weighted by molar-refractivity contribution is 1.24. The summed E-state index contributed by atoms with van der Waals surface area (Å²) in [6.07, 6.45) is 0. The van der Waals surface area contributed by atoms with Crippen LogP contribution in [0.15, 0.2) is 35.1 Å². The Hall–Kier alpha value is -0.960. The normalized spacial score (nSPS) is 10.4. The number of benzene rings is 1. The summed E-state index contributed by atoms with van der Waals surface area (Å²) in [5, 5.41) is 1.21. The Balaban J connectivity index is 2.59. The summed E-state index contributed by atoms with van der Waals surface area (Å²) < 4.78 is 0. The van der Waals surface area contributed by atoms with Gasteiger partial charge in [0.05, 0.1) is 10.0 Å². The zero-order valence-electron chi connectivity index (χ0n) is 7.93. The minimum Gasteiger partial charge on any atom is -0.312 e. The fourth-order valence-corrected chi connectivity index (χ4v) is 1.90. The molecule has 0 aliphatic carbocycles. The first-order chi connectivity index (χ1) is 7.58. The molecule has 0 amide bonds. The number of aromatic amines is 1. The molecule has 0 spiro atoms. The molecule has 1 heterocycles. The van der Waals surface area contributed by atoms with Gasteiger partial charge in [0.25, 0.3) is 0 Å². The van der Waals surface area contributed by atoms with Crippen LogP contribution in [-0.2, 0) is 0 Å². The van der Waals surface area contributed by atoms with Crippen LogP contribution in [0.1, 0.15) is 0 Å². The van der Waals surface area contributed by atoms with Gasteiger partial charge in [-0.3, -0.25) is 4.79 Å². The zero-order chi connectivity index (χ0) is 11.7. The summed E-state index contributed by atoms with van der Waals surface area (Å²) in [4.78, 5) is 13.5. The average Bonchev–Trinajstić information content (AvgIpc) is 2.22. The topological polar surface area (TPSA) is 32.9 Å². The predicted molar refractivity (Wildman–Crippen MR) is 67.5 cm³/mol. The van der Waals surface area contributed by atoms with E-state index in [1.807, 2.05) is 0 Å². The summed E-state index contributed by atoms with van der Waals surface area (Å²) in [7, 11) is 0. The van der Waals surface area contributed by atoms with Crippen molar-refractivity contribution in [1.82, 2.24) is 4.98 Å². The Bertz CT molecular complexity index is 592. The summed E-state index contributed by atoms with van der Waals surface area (Å²) >= 11 is 17.6. The maximum atomic E-state index is 11.0. The summed E-state index contributed by atoms with van der Waals surface area (Å²) in [6.45, 7) is 0. The molecule has 2 nitrogen and oxygen atoms in total. The number of hydrogen-bond donors (Lipinski definition) is 1. The maximum Gasteiger partial charge on any atom is 0.249 e. The highest BCUT2D eigenvalue weighted by Crippen LogP contribution is 2.30. The molecule has 0 atom stereocenters. The van der Waals surface area contributed by atoms with Crippen LogP contribution in [0.5, 0.6) is 0 Å². The lowest BCUT2D eigenvalue weighted by atomic mass is 10.1. The first-order valence-corrected chi connectivity index (χ1v) is 5.55. The summed E-state index contributed by atoms with van der Waals surface area (Å²) in [5.41, 5.74) is 1.27. The Morgan fingerprint density at radius 3 is 2.31 bits per heavy atom. The largest absolute Gasteiger partial charge is 0.312 e. The number of hydrogen-bond acceptors (Lipinski definition) is 1. The van der Waals surface area contributed by atoms with Crippen molar-refractivity contribution >= 4 is 34.8 Å². The highest BCUT2D eigenvalue weighted by molar-refractivity contribution is 6.42. The van der Waals surface area contributed by atoms with Gasteiger partial charge in [0.1, 0.15) is 5.15 Å². The third kappa shape index (κ3) is 2.24. The number of aromatic nitrogens is 1. The van der Waals surface area contributed by atoms with Crippen LogP contribution in [0.3, 0.4) is 0 Å². The van der Waals surface area contributed by atoms with Crippen molar-refractivity contribution in [2.75, 3.05) is 0 Å². The van der Waals surface area contributed by atoms with E-state index in [0.717, 1.165) is 5.56 Å². The van der Waals surface area contributed by atoms with Crippen molar-refractivity contribution in [1.29, 1.82) is 0 Å². The van der Waals surface area contributed by atoms with Crippen molar-refractivity contribution in [2.24, 2.45) is 0 Å². The van der Waals surface area contributed by atoms with E-state index in [2.05, 4.69) is 4.98 Å². The third-order valence-electron chi connectivity index (χ3n) is 2.10. The van der Waals surface area contributed by atoms with E-state index in [1.54, 1.807) is 24.3 Å². The van der Waals surface area contributed by atoms with Gasteiger partial charge in [-0.25, -0.2) is 0 Å². The van der Waals surface area contributed by atoms with Crippen LogP contribution in [-0.4, -0.2) is 4.98 Å². The molecule has 16 heavy (non-hydrogen) atoms. The number of halogens is 3. The maximum absolute atomic E-state index is 11.0. The van der Waals surface area contributed by atoms with Crippen molar-refractivity contribution in [3.05, 3.63) is 55.9 Å². The van der Waals surface area contributed by atoms with E-state index < -0.39 is 0 Å². The molecule has 0 saturated carbocycles. The van der Waals surface area contributed by atoms with E-state index in [4.69, 9.17) is 34.8 Å². The van der Waals surface area contributed by atoms with Gasteiger partial charge < -0.3 is 4.98 Å². The van der Waals surface area contributed by atoms with E-state index >= 15 is 0 Å². The molecule has 0 unspecified atom stereocenters. The molecule has 5 heteroatoms. The quantitative estimate of drug-likeness (QED) is 0.783. The smallest absolute Gasteiger partial charge is 0.249 e. The summed E-state index contributed by atoms with van der Waals surface area (Å²) in [5.74, 6) is 0. The first kappa shape index (κ1) is 11.5. The minimum absolute atomic E-state index is 0.242. The standard InChI is InChI=1S/C11H6Cl3NO/c12-8-3-1-6(5-9(8)13)7-2-4-10(16)15-11(7)14/h1-5H,(H,15,16). The Morgan fingerprint density at radius 1 is 0.938 bits per heavy atom. The van der Waals surface area contributed by atoms with Gasteiger partial charge in [0.15, 0.2) is 0 Å². The van der Waals surface area contributed by atoms with E-state index in [0.29, 0.717) is 15.6 Å². The highest BCUT2D eigenvalue weighted by atomic mass is 35.5. The van der Waals surface area contributed by atoms with Crippen molar-refractivity contribution in [3.8, 4) is 11.1 Å². The number of H-pyrrole nitrogens is 1. The molecule has 0 aliphatic rings. The van der Waals surface area contributed by atoms with Crippen molar-refractivity contribution in [2.45, 2.75) is 0 Å². The van der Waals surface area contributed by atoms with Crippen LogP contribution in [0.2, 0.25) is 15.2 Å². The zero-order valence-corrected chi connectivity index (χ0v) is 10.2. The van der Waals surface area contributed by atoms with Crippen LogP contribution >= 0.6 is 34.8 Å². The van der Waals surface area contributed by atoms with Crippen LogP contribution in [0.25, 0.3) is 11.1 Å². The fraction of sp³-hybridized carbons (Fsp3) is 0. The van der Waals surface area contributed by atoms with E-state index in [1.165, 1.54) is 6.07 Å². The molecular weight excluding hydrogens is 268 g/mol. The molecule has 0 bridgehead atoms. The molecule has 1 aromatic heterocycles. The average molecular weight is 275 g/mol. The second-order valence-electron chi connectivity index (χ2n) is 3.18. The van der Waals surface area contributed by atoms with E-state index in [9.17, 15) is 4.79 Å². The molecule has 0 fully saturated rings. The molecule has 1 N–H and O–H groups in total. The van der Waals surface area contributed by atoms with Crippen molar-refractivity contribution < 1.29 is 0 Å². The minimum atomic E-state index is -0.242. The van der Waals surface area contributed by atoms with Crippen molar-refractivity contribution in [3.63, 3.8) is 0 Å². The number of nitrogens with one attached hydrogen (secondary N) is 1. The Kier molecular flexibility index (Phi) is 3.24. The molecule has 1 aromatic carbocycles. The monoisotopic (exact) mass is 273 g/mol. The molecule has 0 radical (unpaired) electrons. The predicted octanol–water partition coefficient (Wildman–Crippen LogP) is 4.00. The third-order valence-corrected chi connectivity index (χ3v) is 3.14. The SMILES string of the molecule is O=c1ccc(-c2ccc(Cl)c(Cl)c2)c(Cl)[nH]1. The summed E-state index contributed by atoms with van der Waals surface area (Å²) in [6, 6.07) is 8.21. The molecule has 2 rings (SSSR count). The molecule has 82 valence electrons. The number of rotatable bonds is 1. The Labute approximate surface area is 107 Å². The van der Waals surface area contributed by atoms with Crippen LogP contribution < -0.4 is 5.56 Å². The fourth-order valence-electron chi connectivity index (χ4n) is 1.34. The van der Waals surface area contributed by atoms with Gasteiger partial charge in [0.2, 0.25) is 5.56 Å². The second-order valence-corrected chi connectivity index (χ2v) is 4.37. The van der Waals surface area contributed by atoms with Crippen LogP contribution in [0, 0.1) is 0 Å². The lowest BCUT2D eigenvalue weighted by Gasteiger charge is -2.05. The van der Waals surface area contributed by atoms with Gasteiger partial charge in [-0.2, -0.15) is 0 Å². The van der Waals surface area contributed by atoms with Gasteiger partial charge in [0, 0.05) is 11.6 Å². The number of pyridine rings is 1. The lowest BCUT2D eigenvalue weighted by Crippen LogP contribution is -2.03. The first-order valence-electron chi connectivity index (χ1n) is 4.42. The van der Waals surface area contributed by atoms with Gasteiger partial charge in [-0.05, 0) is 23.8 Å². The van der Waals surface area contributed by atoms with E-state index in [-0.39, 0.29) is 10.7 Å². The molecule has 2 aromatic rings. The van der Waals surface area contributed by atoms with Gasteiger partial charge >= 0.3 is 0 Å². The van der Waals surface area contributed by atoms with Gasteiger partial charge in [-0.1, -0.05) is 40.9 Å². The highest BCUT2D eigenvalue weighted by Gasteiger charge is 2.06.